The van der Waals surface area contributed by atoms with Gasteiger partial charge in [-0.2, -0.15) is 0 Å². The summed E-state index contributed by atoms with van der Waals surface area (Å²) in [5.74, 6) is 0. The van der Waals surface area contributed by atoms with Crippen molar-refractivity contribution in [2.45, 2.75) is 44.3 Å². The lowest BCUT2D eigenvalue weighted by atomic mass is 9.92. The van der Waals surface area contributed by atoms with Gasteiger partial charge in [0.2, 0.25) is 0 Å². The van der Waals surface area contributed by atoms with Gasteiger partial charge in [-0.05, 0) is 31.2 Å². The van der Waals surface area contributed by atoms with Gasteiger partial charge in [-0.3, -0.25) is 0 Å². The lowest BCUT2D eigenvalue weighted by Crippen LogP contribution is -2.36. The third-order valence-corrected chi connectivity index (χ3v) is 3.21. The molecule has 0 aliphatic heterocycles. The maximum absolute atomic E-state index is 5.88. The Morgan fingerprint density at radius 2 is 1.73 bits per heavy atom. The Labute approximate surface area is 91.9 Å². The van der Waals surface area contributed by atoms with Gasteiger partial charge in [-0.1, -0.05) is 30.3 Å². The van der Waals surface area contributed by atoms with Crippen LogP contribution in [0.4, 0.5) is 0 Å². The van der Waals surface area contributed by atoms with Gasteiger partial charge in [-0.15, -0.1) is 0 Å². The maximum Gasteiger partial charge on any atom is 0.0208 e. The fourth-order valence-corrected chi connectivity index (χ4v) is 2.18. The molecule has 1 aliphatic carbocycles. The zero-order valence-corrected chi connectivity index (χ0v) is 9.15. The van der Waals surface area contributed by atoms with Gasteiger partial charge >= 0.3 is 0 Å². The van der Waals surface area contributed by atoms with Crippen molar-refractivity contribution in [1.29, 1.82) is 0 Å². The Morgan fingerprint density at radius 3 is 2.40 bits per heavy atom. The number of nitrogens with one attached hydrogen (secondary N) is 1. The van der Waals surface area contributed by atoms with Gasteiger partial charge in [0, 0.05) is 18.6 Å². The van der Waals surface area contributed by atoms with Crippen LogP contribution in [0.3, 0.4) is 0 Å². The first-order valence-electron chi connectivity index (χ1n) is 5.87. The quantitative estimate of drug-likeness (QED) is 0.790. The molecule has 0 atom stereocenters. The van der Waals surface area contributed by atoms with Gasteiger partial charge in [-0.25, -0.2) is 0 Å². The third kappa shape index (κ3) is 3.33. The van der Waals surface area contributed by atoms with Crippen LogP contribution in [0, 0.1) is 0 Å². The molecular weight excluding hydrogens is 184 g/mol. The number of rotatable bonds is 3. The van der Waals surface area contributed by atoms with Crippen molar-refractivity contribution >= 4 is 0 Å². The van der Waals surface area contributed by atoms with Crippen LogP contribution in [-0.4, -0.2) is 12.1 Å². The molecule has 2 nitrogen and oxygen atoms in total. The molecule has 0 radical (unpaired) electrons. The normalized spacial score (nSPS) is 26.5. The summed E-state index contributed by atoms with van der Waals surface area (Å²) in [6.07, 6.45) is 4.81. The highest BCUT2D eigenvalue weighted by atomic mass is 14.9. The van der Waals surface area contributed by atoms with Crippen molar-refractivity contribution in [1.82, 2.24) is 5.32 Å². The number of hydrogen-bond donors (Lipinski definition) is 2. The Morgan fingerprint density at radius 1 is 1.07 bits per heavy atom. The van der Waals surface area contributed by atoms with Crippen LogP contribution < -0.4 is 11.1 Å². The molecule has 2 heteroatoms. The highest BCUT2D eigenvalue weighted by molar-refractivity contribution is 5.14. The first-order valence-corrected chi connectivity index (χ1v) is 5.87. The minimum Gasteiger partial charge on any atom is -0.328 e. The van der Waals surface area contributed by atoms with Gasteiger partial charge in [0.05, 0.1) is 0 Å². The predicted molar refractivity (Wildman–Crippen MR) is 63.5 cm³/mol. The van der Waals surface area contributed by atoms with Crippen LogP contribution in [0.5, 0.6) is 0 Å². The summed E-state index contributed by atoms with van der Waals surface area (Å²) >= 11 is 0. The molecule has 1 aromatic rings. The highest BCUT2D eigenvalue weighted by Crippen LogP contribution is 2.17. The predicted octanol–water partition coefficient (Wildman–Crippen LogP) is 2.05. The van der Waals surface area contributed by atoms with Crippen molar-refractivity contribution in [2.75, 3.05) is 0 Å². The second kappa shape index (κ2) is 5.29. The SMILES string of the molecule is NC1CCC(NCc2ccccc2)CC1. The van der Waals surface area contributed by atoms with Crippen LogP contribution in [0.1, 0.15) is 31.2 Å². The summed E-state index contributed by atoms with van der Waals surface area (Å²) in [5, 5.41) is 3.60. The largest absolute Gasteiger partial charge is 0.328 e. The third-order valence-electron chi connectivity index (χ3n) is 3.21. The van der Waals surface area contributed by atoms with Crippen molar-refractivity contribution in [3.8, 4) is 0 Å². The zero-order valence-electron chi connectivity index (χ0n) is 9.15. The first-order chi connectivity index (χ1) is 7.34. The van der Waals surface area contributed by atoms with Crippen LogP contribution in [0.15, 0.2) is 30.3 Å². The molecule has 0 amide bonds. The first kappa shape index (κ1) is 10.7. The minimum atomic E-state index is 0.444. The van der Waals surface area contributed by atoms with E-state index in [2.05, 4.69) is 35.6 Å². The lowest BCUT2D eigenvalue weighted by molar-refractivity contribution is 0.342. The van der Waals surface area contributed by atoms with E-state index < -0.39 is 0 Å². The van der Waals surface area contributed by atoms with Crippen LogP contribution >= 0.6 is 0 Å². The van der Waals surface area contributed by atoms with Crippen molar-refractivity contribution in [3.63, 3.8) is 0 Å². The Kier molecular flexibility index (Phi) is 3.75. The number of benzene rings is 1. The topological polar surface area (TPSA) is 38.0 Å². The Hall–Kier alpha value is -0.860. The second-order valence-corrected chi connectivity index (χ2v) is 4.48. The summed E-state index contributed by atoms with van der Waals surface area (Å²) in [7, 11) is 0. The molecule has 15 heavy (non-hydrogen) atoms. The molecule has 3 N–H and O–H groups in total. The molecule has 0 saturated heterocycles. The second-order valence-electron chi connectivity index (χ2n) is 4.48. The molecule has 82 valence electrons. The molecule has 1 saturated carbocycles. The molecule has 0 heterocycles. The van der Waals surface area contributed by atoms with Gasteiger partial charge in [0.1, 0.15) is 0 Å². The van der Waals surface area contributed by atoms with E-state index in [-0.39, 0.29) is 0 Å². The maximum atomic E-state index is 5.88. The summed E-state index contributed by atoms with van der Waals surface area (Å²) in [6.45, 7) is 0.987. The van der Waals surface area contributed by atoms with Crippen LogP contribution in [0.25, 0.3) is 0 Å². The fourth-order valence-electron chi connectivity index (χ4n) is 2.18. The molecule has 1 fully saturated rings. The van der Waals surface area contributed by atoms with E-state index in [1.165, 1.54) is 31.2 Å². The van der Waals surface area contributed by atoms with Crippen molar-refractivity contribution in [2.24, 2.45) is 5.73 Å². The molecule has 0 bridgehead atoms. The number of hydrogen-bond acceptors (Lipinski definition) is 2. The molecule has 0 spiro atoms. The standard InChI is InChI=1S/C13H20N2/c14-12-6-8-13(9-7-12)15-10-11-4-2-1-3-5-11/h1-5,12-13,15H,6-10,14H2. The highest BCUT2D eigenvalue weighted by Gasteiger charge is 2.17. The van der Waals surface area contributed by atoms with E-state index in [0.29, 0.717) is 12.1 Å². The molecule has 0 unspecified atom stereocenters. The fraction of sp³-hybridized carbons (Fsp3) is 0.538. The minimum absolute atomic E-state index is 0.444. The molecule has 2 rings (SSSR count). The molecule has 0 aromatic heterocycles. The molecule has 1 aliphatic rings. The van der Waals surface area contributed by atoms with Crippen LogP contribution in [-0.2, 0) is 6.54 Å². The number of nitrogens with two attached hydrogens (primary N) is 1. The Balaban J connectivity index is 1.74. The summed E-state index contributed by atoms with van der Waals surface area (Å²) in [6, 6.07) is 11.7. The smallest absolute Gasteiger partial charge is 0.0208 e. The van der Waals surface area contributed by atoms with E-state index >= 15 is 0 Å². The summed E-state index contributed by atoms with van der Waals surface area (Å²) in [5.41, 5.74) is 7.24. The van der Waals surface area contributed by atoms with E-state index in [0.717, 1.165) is 6.54 Å². The average molecular weight is 204 g/mol. The van der Waals surface area contributed by atoms with E-state index in [1.807, 2.05) is 0 Å². The molecular formula is C13H20N2. The van der Waals surface area contributed by atoms with Gasteiger partial charge in [0.25, 0.3) is 0 Å². The van der Waals surface area contributed by atoms with Crippen molar-refractivity contribution < 1.29 is 0 Å². The Bertz CT molecular complexity index is 276. The van der Waals surface area contributed by atoms with E-state index in [4.69, 9.17) is 5.73 Å². The molecule has 1 aromatic carbocycles. The monoisotopic (exact) mass is 204 g/mol. The van der Waals surface area contributed by atoms with E-state index in [9.17, 15) is 0 Å². The van der Waals surface area contributed by atoms with E-state index in [1.54, 1.807) is 0 Å². The lowest BCUT2D eigenvalue weighted by Gasteiger charge is -2.26. The summed E-state index contributed by atoms with van der Waals surface area (Å²) < 4.78 is 0. The van der Waals surface area contributed by atoms with Gasteiger partial charge in [0.15, 0.2) is 0 Å². The van der Waals surface area contributed by atoms with Crippen LogP contribution in [0.2, 0.25) is 0 Å². The zero-order chi connectivity index (χ0) is 10.5. The van der Waals surface area contributed by atoms with Gasteiger partial charge < -0.3 is 11.1 Å². The average Bonchev–Trinajstić information content (AvgIpc) is 2.30. The van der Waals surface area contributed by atoms with Crippen molar-refractivity contribution in [3.05, 3.63) is 35.9 Å². The summed E-state index contributed by atoms with van der Waals surface area (Å²) in [4.78, 5) is 0.